The third-order valence-corrected chi connectivity index (χ3v) is 3.19. The Morgan fingerprint density at radius 2 is 1.86 bits per heavy atom. The number of carbonyl (C=O) groups excluding carboxylic acids is 1. The molecule has 0 aliphatic carbocycles. The van der Waals surface area contributed by atoms with Gasteiger partial charge in [0.15, 0.2) is 5.69 Å². The molecule has 1 amide bonds. The van der Waals surface area contributed by atoms with Crippen LogP contribution in [0.25, 0.3) is 0 Å². The first kappa shape index (κ1) is 17.4. The zero-order valence-corrected chi connectivity index (χ0v) is 13.7. The van der Waals surface area contributed by atoms with Gasteiger partial charge in [-0.25, -0.2) is 0 Å². The summed E-state index contributed by atoms with van der Waals surface area (Å²) in [6.45, 7) is 10.9. The van der Waals surface area contributed by atoms with Crippen molar-refractivity contribution in [1.29, 1.82) is 0 Å². The lowest BCUT2D eigenvalue weighted by Crippen LogP contribution is -2.33. The zero-order chi connectivity index (χ0) is 15.7. The summed E-state index contributed by atoms with van der Waals surface area (Å²) in [5, 5.41) is 11.4. The van der Waals surface area contributed by atoms with Gasteiger partial charge in [0, 0.05) is 19.6 Å². The lowest BCUT2D eigenvalue weighted by atomic mass is 10.1. The van der Waals surface area contributed by atoms with Gasteiger partial charge in [-0.15, -0.1) is 10.2 Å². The highest BCUT2D eigenvalue weighted by Crippen LogP contribution is 2.07. The van der Waals surface area contributed by atoms with Crippen molar-refractivity contribution in [3.05, 3.63) is 17.8 Å². The molecule has 0 fully saturated rings. The Hall–Kier alpha value is -1.65. The summed E-state index contributed by atoms with van der Waals surface area (Å²) >= 11 is 0. The van der Waals surface area contributed by atoms with Crippen LogP contribution in [0.5, 0.6) is 0 Å². The Kier molecular flexibility index (Phi) is 7.72. The fourth-order valence-corrected chi connectivity index (χ4v) is 2.05. The van der Waals surface area contributed by atoms with E-state index in [2.05, 4.69) is 43.2 Å². The number of carbonyl (C=O) groups is 1. The second-order valence-corrected chi connectivity index (χ2v) is 5.71. The third kappa shape index (κ3) is 6.10. The maximum atomic E-state index is 12.3. The van der Waals surface area contributed by atoms with Crippen molar-refractivity contribution in [3.63, 3.8) is 0 Å². The van der Waals surface area contributed by atoms with Crippen LogP contribution in [0.1, 0.15) is 57.4 Å². The number of hydrogen-bond donors (Lipinski definition) is 1. The van der Waals surface area contributed by atoms with Gasteiger partial charge in [-0.1, -0.05) is 27.7 Å². The van der Waals surface area contributed by atoms with E-state index in [1.165, 1.54) is 0 Å². The van der Waals surface area contributed by atoms with E-state index in [-0.39, 0.29) is 5.91 Å². The predicted octanol–water partition coefficient (Wildman–Crippen LogP) is 3.20. The molecule has 1 aromatic heterocycles. The van der Waals surface area contributed by atoms with E-state index in [4.69, 9.17) is 0 Å². The number of nitrogens with zero attached hydrogens (tertiary/aromatic N) is 3. The molecule has 1 rings (SSSR count). The summed E-state index contributed by atoms with van der Waals surface area (Å²) in [5.74, 6) is 1.35. The molecule has 0 saturated carbocycles. The Bertz CT molecular complexity index is 411. The molecule has 1 N–H and O–H groups in total. The van der Waals surface area contributed by atoms with Gasteiger partial charge >= 0.3 is 0 Å². The molecule has 1 heterocycles. The maximum absolute atomic E-state index is 12.3. The minimum absolute atomic E-state index is 0.0278. The standard InChI is InChI=1S/C16H28N4O/c1-5-11-20(12-6-2)16(21)14-7-8-15(19-18-14)17-10-9-13(3)4/h7-8,13H,5-6,9-12H2,1-4H3,(H,17,19). The molecule has 0 bridgehead atoms. The Morgan fingerprint density at radius 3 is 2.33 bits per heavy atom. The molecule has 5 heteroatoms. The SMILES string of the molecule is CCCN(CCC)C(=O)c1ccc(NCCC(C)C)nn1. The summed E-state index contributed by atoms with van der Waals surface area (Å²) < 4.78 is 0. The normalized spacial score (nSPS) is 10.7. The van der Waals surface area contributed by atoms with Crippen molar-refractivity contribution in [2.75, 3.05) is 25.0 Å². The van der Waals surface area contributed by atoms with E-state index in [0.29, 0.717) is 11.6 Å². The fraction of sp³-hybridized carbons (Fsp3) is 0.688. The van der Waals surface area contributed by atoms with Crippen molar-refractivity contribution in [3.8, 4) is 0 Å². The molecule has 0 spiro atoms. The third-order valence-electron chi connectivity index (χ3n) is 3.19. The zero-order valence-electron chi connectivity index (χ0n) is 13.7. The highest BCUT2D eigenvalue weighted by molar-refractivity contribution is 5.92. The number of nitrogens with one attached hydrogen (secondary N) is 1. The summed E-state index contributed by atoms with van der Waals surface area (Å²) in [5.41, 5.74) is 0.423. The van der Waals surface area contributed by atoms with Crippen LogP contribution in [0, 0.1) is 5.92 Å². The minimum Gasteiger partial charge on any atom is -0.369 e. The number of rotatable bonds is 9. The molecule has 0 aliphatic rings. The molecule has 21 heavy (non-hydrogen) atoms. The van der Waals surface area contributed by atoms with E-state index in [1.807, 2.05) is 11.0 Å². The van der Waals surface area contributed by atoms with E-state index in [0.717, 1.165) is 44.7 Å². The molecule has 1 aromatic rings. The summed E-state index contributed by atoms with van der Waals surface area (Å²) in [4.78, 5) is 14.2. The molecule has 118 valence electrons. The summed E-state index contributed by atoms with van der Waals surface area (Å²) in [7, 11) is 0. The highest BCUT2D eigenvalue weighted by atomic mass is 16.2. The van der Waals surface area contributed by atoms with Crippen molar-refractivity contribution in [2.45, 2.75) is 47.0 Å². The molecule has 0 radical (unpaired) electrons. The van der Waals surface area contributed by atoms with Gasteiger partial charge in [-0.05, 0) is 37.3 Å². The Morgan fingerprint density at radius 1 is 1.19 bits per heavy atom. The van der Waals surface area contributed by atoms with Gasteiger partial charge in [-0.2, -0.15) is 0 Å². The quantitative estimate of drug-likeness (QED) is 0.759. The summed E-state index contributed by atoms with van der Waals surface area (Å²) in [6.07, 6.45) is 2.99. The molecule has 0 unspecified atom stereocenters. The monoisotopic (exact) mass is 292 g/mol. The maximum Gasteiger partial charge on any atom is 0.274 e. The molecule has 0 atom stereocenters. The van der Waals surface area contributed by atoms with E-state index < -0.39 is 0 Å². The van der Waals surface area contributed by atoms with Gasteiger partial charge < -0.3 is 10.2 Å². The van der Waals surface area contributed by atoms with Gasteiger partial charge in [0.05, 0.1) is 0 Å². The van der Waals surface area contributed by atoms with E-state index in [9.17, 15) is 4.79 Å². The van der Waals surface area contributed by atoms with Crippen LogP contribution in [-0.4, -0.2) is 40.6 Å². The number of amides is 1. The number of anilines is 1. The number of aromatic nitrogens is 2. The van der Waals surface area contributed by atoms with Crippen molar-refractivity contribution in [1.82, 2.24) is 15.1 Å². The van der Waals surface area contributed by atoms with Crippen LogP contribution >= 0.6 is 0 Å². The second-order valence-electron chi connectivity index (χ2n) is 5.71. The van der Waals surface area contributed by atoms with Crippen LogP contribution in [-0.2, 0) is 0 Å². The van der Waals surface area contributed by atoms with Crippen molar-refractivity contribution < 1.29 is 4.79 Å². The van der Waals surface area contributed by atoms with Crippen LogP contribution in [0.15, 0.2) is 12.1 Å². The average Bonchev–Trinajstić information content (AvgIpc) is 2.47. The molecular formula is C16H28N4O. The topological polar surface area (TPSA) is 58.1 Å². The minimum atomic E-state index is -0.0278. The van der Waals surface area contributed by atoms with Crippen molar-refractivity contribution in [2.24, 2.45) is 5.92 Å². The first-order valence-corrected chi connectivity index (χ1v) is 7.95. The Balaban J connectivity index is 2.61. The lowest BCUT2D eigenvalue weighted by molar-refractivity contribution is 0.0748. The van der Waals surface area contributed by atoms with E-state index in [1.54, 1.807) is 6.07 Å². The lowest BCUT2D eigenvalue weighted by Gasteiger charge is -2.20. The smallest absolute Gasteiger partial charge is 0.274 e. The van der Waals surface area contributed by atoms with Crippen LogP contribution in [0.2, 0.25) is 0 Å². The second kappa shape index (κ2) is 9.32. The van der Waals surface area contributed by atoms with Crippen molar-refractivity contribution >= 4 is 11.7 Å². The average molecular weight is 292 g/mol. The fourth-order valence-electron chi connectivity index (χ4n) is 2.05. The van der Waals surface area contributed by atoms with Gasteiger partial charge in [0.2, 0.25) is 0 Å². The molecule has 5 nitrogen and oxygen atoms in total. The van der Waals surface area contributed by atoms with Gasteiger partial charge in [0.1, 0.15) is 5.82 Å². The van der Waals surface area contributed by atoms with Crippen LogP contribution in [0.3, 0.4) is 0 Å². The first-order chi connectivity index (χ1) is 10.1. The van der Waals surface area contributed by atoms with Gasteiger partial charge in [0.25, 0.3) is 5.91 Å². The summed E-state index contributed by atoms with van der Waals surface area (Å²) in [6, 6.07) is 3.59. The van der Waals surface area contributed by atoms with E-state index >= 15 is 0 Å². The molecule has 0 aromatic carbocycles. The first-order valence-electron chi connectivity index (χ1n) is 7.95. The number of hydrogen-bond acceptors (Lipinski definition) is 4. The van der Waals surface area contributed by atoms with Crippen LogP contribution in [0.4, 0.5) is 5.82 Å². The molecular weight excluding hydrogens is 264 g/mol. The van der Waals surface area contributed by atoms with Gasteiger partial charge in [-0.3, -0.25) is 4.79 Å². The largest absolute Gasteiger partial charge is 0.369 e. The molecule has 0 aliphatic heterocycles. The highest BCUT2D eigenvalue weighted by Gasteiger charge is 2.15. The predicted molar refractivity (Wildman–Crippen MR) is 86.5 cm³/mol. The molecule has 0 saturated heterocycles. The van der Waals surface area contributed by atoms with Crippen LogP contribution < -0.4 is 5.32 Å². The Labute approximate surface area is 128 Å².